The molecule has 0 aliphatic rings. The van der Waals surface area contributed by atoms with E-state index in [1.165, 1.54) is 11.1 Å². The maximum absolute atomic E-state index is 6.35. The molecule has 1 aromatic heterocycles. The predicted molar refractivity (Wildman–Crippen MR) is 81.7 cm³/mol. The van der Waals surface area contributed by atoms with Crippen LogP contribution in [0, 0.1) is 13.8 Å². The number of nitrogens with zero attached hydrogens (tertiary/aromatic N) is 1. The summed E-state index contributed by atoms with van der Waals surface area (Å²) in [6.45, 7) is 4.19. The Labute approximate surface area is 117 Å². The van der Waals surface area contributed by atoms with Crippen molar-refractivity contribution in [1.29, 1.82) is 0 Å². The first kappa shape index (κ1) is 12.2. The Morgan fingerprint density at radius 2 is 1.58 bits per heavy atom. The standard InChI is InChI=1S/C17H14ClN/c1-11-7-12(2)9-13(8-11)17-10-15(18)14-5-3-4-6-16(14)19-17/h3-10H,1-2H3. The van der Waals surface area contributed by atoms with E-state index in [4.69, 9.17) is 16.6 Å². The number of pyridine rings is 1. The van der Waals surface area contributed by atoms with Gasteiger partial charge in [0.1, 0.15) is 0 Å². The van der Waals surface area contributed by atoms with Crippen molar-refractivity contribution in [3.63, 3.8) is 0 Å². The number of hydrogen-bond acceptors (Lipinski definition) is 1. The highest BCUT2D eigenvalue weighted by atomic mass is 35.5. The van der Waals surface area contributed by atoms with E-state index in [0.29, 0.717) is 0 Å². The fourth-order valence-electron chi connectivity index (χ4n) is 2.40. The van der Waals surface area contributed by atoms with Crippen LogP contribution in [0.2, 0.25) is 5.02 Å². The monoisotopic (exact) mass is 267 g/mol. The predicted octanol–water partition coefficient (Wildman–Crippen LogP) is 5.17. The molecule has 0 amide bonds. The highest BCUT2D eigenvalue weighted by molar-refractivity contribution is 6.35. The van der Waals surface area contributed by atoms with Crippen molar-refractivity contribution in [2.75, 3.05) is 0 Å². The molecule has 0 N–H and O–H groups in total. The molecule has 0 spiro atoms. The molecule has 0 saturated carbocycles. The molecular formula is C17H14ClN. The second-order valence-electron chi connectivity index (χ2n) is 4.88. The number of rotatable bonds is 1. The van der Waals surface area contributed by atoms with Gasteiger partial charge in [-0.1, -0.05) is 47.0 Å². The minimum atomic E-state index is 0.750. The van der Waals surface area contributed by atoms with E-state index >= 15 is 0 Å². The Balaban J connectivity index is 2.25. The average molecular weight is 268 g/mol. The summed E-state index contributed by atoms with van der Waals surface area (Å²) in [6.07, 6.45) is 0. The molecular weight excluding hydrogens is 254 g/mol. The van der Waals surface area contributed by atoms with Gasteiger partial charge in [0.05, 0.1) is 16.2 Å². The zero-order valence-electron chi connectivity index (χ0n) is 10.9. The molecule has 0 atom stereocenters. The Morgan fingerprint density at radius 3 is 2.32 bits per heavy atom. The summed E-state index contributed by atoms with van der Waals surface area (Å²) in [4.78, 5) is 4.70. The third kappa shape index (κ3) is 2.34. The maximum Gasteiger partial charge on any atom is 0.0724 e. The fourth-order valence-corrected chi connectivity index (χ4v) is 2.67. The molecule has 3 aromatic rings. The normalized spacial score (nSPS) is 10.9. The summed E-state index contributed by atoms with van der Waals surface area (Å²) < 4.78 is 0. The van der Waals surface area contributed by atoms with Gasteiger partial charge in [-0.25, -0.2) is 4.98 Å². The van der Waals surface area contributed by atoms with Gasteiger partial charge in [0, 0.05) is 10.9 Å². The molecule has 0 unspecified atom stereocenters. The third-order valence-electron chi connectivity index (χ3n) is 3.18. The van der Waals surface area contributed by atoms with Gasteiger partial charge in [0.2, 0.25) is 0 Å². The van der Waals surface area contributed by atoms with Crippen molar-refractivity contribution >= 4 is 22.5 Å². The third-order valence-corrected chi connectivity index (χ3v) is 3.50. The largest absolute Gasteiger partial charge is 0.248 e. The lowest BCUT2D eigenvalue weighted by Gasteiger charge is -2.07. The maximum atomic E-state index is 6.35. The van der Waals surface area contributed by atoms with Crippen molar-refractivity contribution in [2.45, 2.75) is 13.8 Å². The molecule has 1 nitrogen and oxygen atoms in total. The Morgan fingerprint density at radius 1 is 0.895 bits per heavy atom. The number of aryl methyl sites for hydroxylation is 2. The van der Waals surface area contributed by atoms with Crippen molar-refractivity contribution < 1.29 is 0 Å². The summed E-state index contributed by atoms with van der Waals surface area (Å²) in [6, 6.07) is 16.3. The first-order valence-electron chi connectivity index (χ1n) is 6.27. The highest BCUT2D eigenvalue weighted by Gasteiger charge is 2.06. The van der Waals surface area contributed by atoms with Crippen LogP contribution < -0.4 is 0 Å². The van der Waals surface area contributed by atoms with Crippen molar-refractivity contribution in [1.82, 2.24) is 4.98 Å². The Kier molecular flexibility index (Phi) is 3.00. The minimum Gasteiger partial charge on any atom is -0.248 e. The summed E-state index contributed by atoms with van der Waals surface area (Å²) >= 11 is 6.35. The van der Waals surface area contributed by atoms with Crippen LogP contribution in [0.1, 0.15) is 11.1 Å². The van der Waals surface area contributed by atoms with Crippen LogP contribution in [0.5, 0.6) is 0 Å². The molecule has 0 saturated heterocycles. The van der Waals surface area contributed by atoms with E-state index in [1.54, 1.807) is 0 Å². The second-order valence-corrected chi connectivity index (χ2v) is 5.29. The number of fused-ring (bicyclic) bond motifs is 1. The number of aromatic nitrogens is 1. The van der Waals surface area contributed by atoms with Crippen molar-refractivity contribution in [3.8, 4) is 11.3 Å². The lowest BCUT2D eigenvalue weighted by atomic mass is 10.0. The van der Waals surface area contributed by atoms with E-state index in [-0.39, 0.29) is 0 Å². The van der Waals surface area contributed by atoms with Gasteiger partial charge in [-0.05, 0) is 38.1 Å². The number of halogens is 1. The van der Waals surface area contributed by atoms with E-state index in [1.807, 2.05) is 30.3 Å². The molecule has 0 bridgehead atoms. The van der Waals surface area contributed by atoms with Gasteiger partial charge in [-0.3, -0.25) is 0 Å². The molecule has 0 aliphatic carbocycles. The molecule has 94 valence electrons. The first-order chi connectivity index (χ1) is 9.13. The van der Waals surface area contributed by atoms with Crippen molar-refractivity contribution in [2.24, 2.45) is 0 Å². The molecule has 2 heteroatoms. The molecule has 0 radical (unpaired) electrons. The van der Waals surface area contributed by atoms with E-state index in [2.05, 4.69) is 32.0 Å². The molecule has 0 aliphatic heterocycles. The fraction of sp³-hybridized carbons (Fsp3) is 0.118. The van der Waals surface area contributed by atoms with Crippen LogP contribution in [0.15, 0.2) is 48.5 Å². The zero-order valence-corrected chi connectivity index (χ0v) is 11.7. The van der Waals surface area contributed by atoms with Gasteiger partial charge in [0.25, 0.3) is 0 Å². The van der Waals surface area contributed by atoms with E-state index in [0.717, 1.165) is 27.2 Å². The van der Waals surface area contributed by atoms with Gasteiger partial charge in [-0.2, -0.15) is 0 Å². The lowest BCUT2D eigenvalue weighted by molar-refractivity contribution is 1.34. The quantitative estimate of drug-likeness (QED) is 0.593. The smallest absolute Gasteiger partial charge is 0.0724 e. The summed E-state index contributed by atoms with van der Waals surface area (Å²) in [5, 5.41) is 1.75. The Hall–Kier alpha value is -1.86. The number of hydrogen-bond donors (Lipinski definition) is 0. The topological polar surface area (TPSA) is 12.9 Å². The second kappa shape index (κ2) is 4.67. The van der Waals surface area contributed by atoms with Gasteiger partial charge in [0.15, 0.2) is 0 Å². The summed E-state index contributed by atoms with van der Waals surface area (Å²) in [5.41, 5.74) is 5.45. The minimum absolute atomic E-state index is 0.750. The van der Waals surface area contributed by atoms with Crippen LogP contribution >= 0.6 is 11.6 Å². The summed E-state index contributed by atoms with van der Waals surface area (Å²) in [7, 11) is 0. The van der Waals surface area contributed by atoms with Crippen LogP contribution in [-0.4, -0.2) is 4.98 Å². The first-order valence-corrected chi connectivity index (χ1v) is 6.65. The van der Waals surface area contributed by atoms with E-state index < -0.39 is 0 Å². The van der Waals surface area contributed by atoms with E-state index in [9.17, 15) is 0 Å². The van der Waals surface area contributed by atoms with Crippen molar-refractivity contribution in [3.05, 3.63) is 64.7 Å². The number of benzene rings is 2. The number of para-hydroxylation sites is 1. The van der Waals surface area contributed by atoms with Crippen LogP contribution in [0.25, 0.3) is 22.2 Å². The molecule has 2 aromatic carbocycles. The van der Waals surface area contributed by atoms with Crippen LogP contribution in [0.3, 0.4) is 0 Å². The molecule has 0 fully saturated rings. The highest BCUT2D eigenvalue weighted by Crippen LogP contribution is 2.28. The van der Waals surface area contributed by atoms with Gasteiger partial charge < -0.3 is 0 Å². The zero-order chi connectivity index (χ0) is 13.4. The molecule has 1 heterocycles. The van der Waals surface area contributed by atoms with Crippen LogP contribution in [-0.2, 0) is 0 Å². The van der Waals surface area contributed by atoms with Gasteiger partial charge >= 0.3 is 0 Å². The molecule has 3 rings (SSSR count). The van der Waals surface area contributed by atoms with Gasteiger partial charge in [-0.15, -0.1) is 0 Å². The SMILES string of the molecule is Cc1cc(C)cc(-c2cc(Cl)c3ccccc3n2)c1. The Bertz CT molecular complexity index is 742. The lowest BCUT2D eigenvalue weighted by Crippen LogP contribution is -1.88. The van der Waals surface area contributed by atoms with Crippen LogP contribution in [0.4, 0.5) is 0 Å². The summed E-state index contributed by atoms with van der Waals surface area (Å²) in [5.74, 6) is 0. The molecule has 19 heavy (non-hydrogen) atoms. The average Bonchev–Trinajstić information content (AvgIpc) is 2.37.